The molecule has 3 aromatic heterocycles. The molecule has 4 heteroatoms. The van der Waals surface area contributed by atoms with Crippen LogP contribution >= 0.6 is 0 Å². The number of Topliss-reactive ketones (excluding diaryl/α,β-unsaturated/α-hetero) is 1. The van der Waals surface area contributed by atoms with Gasteiger partial charge in [0.2, 0.25) is 5.78 Å². The van der Waals surface area contributed by atoms with Crippen LogP contribution in [0.1, 0.15) is 47.1 Å². The minimum Gasteiger partial charge on any atom is -0.461 e. The zero-order valence-corrected chi connectivity index (χ0v) is 15.2. The molecule has 3 heterocycles. The molecule has 4 nitrogen and oxygen atoms in total. The van der Waals surface area contributed by atoms with Crippen LogP contribution in [0.15, 0.2) is 77.8 Å². The van der Waals surface area contributed by atoms with Gasteiger partial charge in [0.25, 0.3) is 0 Å². The third-order valence-corrected chi connectivity index (χ3v) is 5.71. The van der Waals surface area contributed by atoms with E-state index in [4.69, 9.17) is 4.42 Å². The fourth-order valence-corrected chi connectivity index (χ4v) is 4.13. The number of furan rings is 1. The molecule has 0 bridgehead atoms. The first-order valence-corrected chi connectivity index (χ1v) is 9.39. The van der Waals surface area contributed by atoms with Gasteiger partial charge >= 0.3 is 0 Å². The molecule has 4 aromatic rings. The maximum absolute atomic E-state index is 12.9. The predicted octanol–water partition coefficient (Wildman–Crippen LogP) is 4.50. The second-order valence-corrected chi connectivity index (χ2v) is 7.24. The van der Waals surface area contributed by atoms with Crippen molar-refractivity contribution in [3.8, 4) is 0 Å². The van der Waals surface area contributed by atoms with Gasteiger partial charge in [0.1, 0.15) is 6.04 Å². The van der Waals surface area contributed by atoms with E-state index in [-0.39, 0.29) is 17.9 Å². The lowest BCUT2D eigenvalue weighted by Crippen LogP contribution is -2.37. The number of aromatic nitrogens is 2. The van der Waals surface area contributed by atoms with Gasteiger partial charge in [0.15, 0.2) is 24.2 Å². The Balaban J connectivity index is 1.51. The first-order valence-electron chi connectivity index (χ1n) is 9.39. The number of aryl methyl sites for hydroxylation is 1. The number of carbonyl (C=O) groups is 1. The van der Waals surface area contributed by atoms with E-state index in [0.717, 1.165) is 29.3 Å². The first kappa shape index (κ1) is 16.1. The first-order chi connectivity index (χ1) is 13.2. The largest absolute Gasteiger partial charge is 0.461 e. The molecular formula is C23H21N2O2+. The van der Waals surface area contributed by atoms with Crippen molar-refractivity contribution >= 4 is 16.7 Å². The molecule has 1 aromatic carbocycles. The topological polar surface area (TPSA) is 39.0 Å². The Hall–Kier alpha value is -3.14. The highest BCUT2D eigenvalue weighted by Gasteiger charge is 2.32. The maximum Gasteiger partial charge on any atom is 0.220 e. The van der Waals surface area contributed by atoms with E-state index in [0.29, 0.717) is 5.76 Å². The second kappa shape index (κ2) is 6.23. The summed E-state index contributed by atoms with van der Waals surface area (Å²) in [6.45, 7) is 2.20. The molecule has 2 unspecified atom stereocenters. The number of pyridine rings is 1. The maximum atomic E-state index is 12.9. The van der Waals surface area contributed by atoms with Gasteiger partial charge in [0.05, 0.1) is 17.2 Å². The van der Waals surface area contributed by atoms with Crippen LogP contribution in [-0.4, -0.2) is 10.4 Å². The number of hydrogen-bond acceptors (Lipinski definition) is 2. The Kier molecular flexibility index (Phi) is 3.71. The van der Waals surface area contributed by atoms with Crippen molar-refractivity contribution in [1.82, 2.24) is 4.57 Å². The number of benzene rings is 1. The van der Waals surface area contributed by atoms with Gasteiger partial charge in [-0.1, -0.05) is 30.3 Å². The van der Waals surface area contributed by atoms with Gasteiger partial charge in [-0.05, 0) is 25.0 Å². The average molecular weight is 357 g/mol. The third-order valence-electron chi connectivity index (χ3n) is 5.71. The van der Waals surface area contributed by atoms with Crippen LogP contribution in [-0.2, 0) is 6.42 Å². The van der Waals surface area contributed by atoms with Gasteiger partial charge in [-0.3, -0.25) is 4.79 Å². The molecule has 1 aliphatic carbocycles. The monoisotopic (exact) mass is 357 g/mol. The van der Waals surface area contributed by atoms with Crippen LogP contribution in [0, 0.1) is 0 Å². The highest BCUT2D eigenvalue weighted by Crippen LogP contribution is 2.32. The molecular weight excluding hydrogens is 336 g/mol. The van der Waals surface area contributed by atoms with Crippen LogP contribution in [0.4, 0.5) is 0 Å². The number of carbonyl (C=O) groups excluding carboxylic acids is 1. The summed E-state index contributed by atoms with van der Waals surface area (Å²) in [7, 11) is 0. The van der Waals surface area contributed by atoms with E-state index in [1.807, 2.05) is 18.3 Å². The lowest BCUT2D eigenvalue weighted by Gasteiger charge is -2.22. The van der Waals surface area contributed by atoms with Gasteiger partial charge in [-0.15, -0.1) is 0 Å². The van der Waals surface area contributed by atoms with Crippen molar-refractivity contribution in [3.05, 3.63) is 90.3 Å². The second-order valence-electron chi connectivity index (χ2n) is 7.24. The SMILES string of the molecule is CC(c1ccccc1)[n+]1ccc2c(ccn2C2CCc3ccoc3C2=O)c1. The summed E-state index contributed by atoms with van der Waals surface area (Å²) >= 11 is 0. The Morgan fingerprint density at radius 2 is 2.00 bits per heavy atom. The van der Waals surface area contributed by atoms with E-state index < -0.39 is 0 Å². The summed E-state index contributed by atoms with van der Waals surface area (Å²) in [5.74, 6) is 0.602. The fourth-order valence-electron chi connectivity index (χ4n) is 4.13. The molecule has 0 amide bonds. The molecule has 0 spiro atoms. The van der Waals surface area contributed by atoms with Crippen molar-refractivity contribution < 1.29 is 13.8 Å². The Labute approximate surface area is 157 Å². The zero-order chi connectivity index (χ0) is 18.4. The Morgan fingerprint density at radius 1 is 1.15 bits per heavy atom. The molecule has 0 N–H and O–H groups in total. The zero-order valence-electron chi connectivity index (χ0n) is 15.2. The normalized spacial score (nSPS) is 17.8. The van der Waals surface area contributed by atoms with Crippen LogP contribution in [0.2, 0.25) is 0 Å². The summed E-state index contributed by atoms with van der Waals surface area (Å²) in [5, 5.41) is 1.14. The van der Waals surface area contributed by atoms with E-state index in [2.05, 4.69) is 64.8 Å². The average Bonchev–Trinajstić information content (AvgIpc) is 3.35. The summed E-state index contributed by atoms with van der Waals surface area (Å²) in [6, 6.07) is 16.6. The molecule has 1 aliphatic rings. The highest BCUT2D eigenvalue weighted by atomic mass is 16.3. The van der Waals surface area contributed by atoms with E-state index in [9.17, 15) is 4.79 Å². The third kappa shape index (κ3) is 2.60. The number of rotatable bonds is 3. The van der Waals surface area contributed by atoms with Crippen LogP contribution in [0.25, 0.3) is 10.9 Å². The smallest absolute Gasteiger partial charge is 0.220 e. The molecule has 0 saturated heterocycles. The molecule has 134 valence electrons. The molecule has 2 atom stereocenters. The summed E-state index contributed by atoms with van der Waals surface area (Å²) in [5.41, 5.74) is 3.39. The number of fused-ring (bicyclic) bond motifs is 2. The van der Waals surface area contributed by atoms with Gasteiger partial charge in [-0.2, -0.15) is 4.57 Å². The summed E-state index contributed by atoms with van der Waals surface area (Å²) in [6.07, 6.45) is 9.59. The molecule has 27 heavy (non-hydrogen) atoms. The number of nitrogens with zero attached hydrogens (tertiary/aromatic N) is 2. The summed E-state index contributed by atoms with van der Waals surface area (Å²) < 4.78 is 9.76. The van der Waals surface area contributed by atoms with Gasteiger partial charge < -0.3 is 8.98 Å². The van der Waals surface area contributed by atoms with Crippen molar-refractivity contribution in [2.45, 2.75) is 31.8 Å². The molecule has 0 saturated carbocycles. The molecule has 0 radical (unpaired) electrons. The quantitative estimate of drug-likeness (QED) is 0.506. The van der Waals surface area contributed by atoms with Crippen molar-refractivity contribution in [2.75, 3.05) is 0 Å². The van der Waals surface area contributed by atoms with E-state index in [1.54, 1.807) is 6.26 Å². The van der Waals surface area contributed by atoms with Crippen LogP contribution in [0.5, 0.6) is 0 Å². The molecule has 5 rings (SSSR count). The minimum atomic E-state index is -0.191. The highest BCUT2D eigenvalue weighted by molar-refractivity contribution is 5.99. The lowest BCUT2D eigenvalue weighted by molar-refractivity contribution is -0.709. The Bertz CT molecular complexity index is 1120. The minimum absolute atomic E-state index is 0.0770. The predicted molar refractivity (Wildman–Crippen MR) is 103 cm³/mol. The number of hydrogen-bond donors (Lipinski definition) is 0. The Morgan fingerprint density at radius 3 is 2.85 bits per heavy atom. The molecule has 0 fully saturated rings. The fraction of sp³-hybridized carbons (Fsp3) is 0.217. The number of ketones is 1. The lowest BCUT2D eigenvalue weighted by atomic mass is 9.92. The van der Waals surface area contributed by atoms with Crippen molar-refractivity contribution in [2.24, 2.45) is 0 Å². The van der Waals surface area contributed by atoms with E-state index >= 15 is 0 Å². The van der Waals surface area contributed by atoms with Crippen molar-refractivity contribution in [1.29, 1.82) is 0 Å². The van der Waals surface area contributed by atoms with Crippen LogP contribution < -0.4 is 4.57 Å². The standard InChI is InChI=1S/C23H21N2O2/c1-16(17-5-3-2-4-6-17)24-12-10-20-19(15-24)9-13-25(20)21-8-7-18-11-14-27-23(18)22(21)26/h2-6,9-16,21H,7-8H2,1H3/q+1. The van der Waals surface area contributed by atoms with Crippen LogP contribution in [0.3, 0.4) is 0 Å². The van der Waals surface area contributed by atoms with Gasteiger partial charge in [-0.25, -0.2) is 0 Å². The van der Waals surface area contributed by atoms with E-state index in [1.165, 1.54) is 5.56 Å². The summed E-state index contributed by atoms with van der Waals surface area (Å²) in [4.78, 5) is 12.9. The molecule has 0 aliphatic heterocycles. The van der Waals surface area contributed by atoms with Crippen molar-refractivity contribution in [3.63, 3.8) is 0 Å². The van der Waals surface area contributed by atoms with Gasteiger partial charge in [0, 0.05) is 30.3 Å².